The minimum atomic E-state index is -0.178. The second kappa shape index (κ2) is 5.85. The molecular weight excluding hydrogens is 192 g/mol. The van der Waals surface area contributed by atoms with E-state index in [0.29, 0.717) is 18.8 Å². The summed E-state index contributed by atoms with van der Waals surface area (Å²) in [4.78, 5) is 22.3. The van der Waals surface area contributed by atoms with Crippen molar-refractivity contribution in [1.82, 2.24) is 10.6 Å². The van der Waals surface area contributed by atoms with Crippen LogP contribution in [-0.2, 0) is 9.59 Å². The Morgan fingerprint density at radius 1 is 1.40 bits per heavy atom. The Bertz CT molecular complexity index is 237. The van der Waals surface area contributed by atoms with E-state index in [9.17, 15) is 9.59 Å². The molecule has 1 unspecified atom stereocenters. The van der Waals surface area contributed by atoms with E-state index >= 15 is 0 Å². The van der Waals surface area contributed by atoms with Gasteiger partial charge in [0, 0.05) is 6.42 Å². The molecule has 15 heavy (non-hydrogen) atoms. The first kappa shape index (κ1) is 12.2. The monoisotopic (exact) mass is 212 g/mol. The van der Waals surface area contributed by atoms with Crippen LogP contribution < -0.4 is 10.6 Å². The summed E-state index contributed by atoms with van der Waals surface area (Å²) in [5.74, 6) is 0.299. The van der Waals surface area contributed by atoms with Gasteiger partial charge in [-0.15, -0.1) is 0 Å². The largest absolute Gasteiger partial charge is 0.306 e. The van der Waals surface area contributed by atoms with E-state index in [1.807, 2.05) is 0 Å². The van der Waals surface area contributed by atoms with Crippen molar-refractivity contribution < 1.29 is 9.59 Å². The van der Waals surface area contributed by atoms with Crippen LogP contribution in [0.5, 0.6) is 0 Å². The topological polar surface area (TPSA) is 58.2 Å². The zero-order chi connectivity index (χ0) is 11.3. The van der Waals surface area contributed by atoms with Crippen LogP contribution in [0.2, 0.25) is 0 Å². The molecule has 0 bridgehead atoms. The Morgan fingerprint density at radius 2 is 2.07 bits per heavy atom. The van der Waals surface area contributed by atoms with Crippen LogP contribution in [0.4, 0.5) is 0 Å². The molecule has 0 aliphatic carbocycles. The van der Waals surface area contributed by atoms with Gasteiger partial charge >= 0.3 is 0 Å². The van der Waals surface area contributed by atoms with Gasteiger partial charge in [0.15, 0.2) is 0 Å². The van der Waals surface area contributed by atoms with E-state index < -0.39 is 0 Å². The molecule has 1 aliphatic heterocycles. The summed E-state index contributed by atoms with van der Waals surface area (Å²) >= 11 is 0. The van der Waals surface area contributed by atoms with Gasteiger partial charge in [-0.2, -0.15) is 0 Å². The number of carbonyl (C=O) groups excluding carboxylic acids is 2. The van der Waals surface area contributed by atoms with Gasteiger partial charge in [-0.3, -0.25) is 14.9 Å². The Balaban J connectivity index is 2.32. The van der Waals surface area contributed by atoms with Gasteiger partial charge in [0.25, 0.3) is 0 Å². The van der Waals surface area contributed by atoms with Crippen LogP contribution in [0.15, 0.2) is 0 Å². The third-order valence-corrected chi connectivity index (χ3v) is 3.05. The first-order chi connectivity index (χ1) is 7.17. The van der Waals surface area contributed by atoms with Gasteiger partial charge in [-0.1, -0.05) is 26.7 Å². The Morgan fingerprint density at radius 3 is 2.60 bits per heavy atom. The van der Waals surface area contributed by atoms with Gasteiger partial charge in [0.05, 0.1) is 6.04 Å². The number of piperidine rings is 1. The molecule has 2 N–H and O–H groups in total. The van der Waals surface area contributed by atoms with Gasteiger partial charge in [0.1, 0.15) is 0 Å². The molecule has 0 spiro atoms. The molecule has 4 heteroatoms. The highest BCUT2D eigenvalue weighted by molar-refractivity contribution is 6.00. The van der Waals surface area contributed by atoms with Gasteiger partial charge < -0.3 is 5.32 Å². The molecule has 4 nitrogen and oxygen atoms in total. The van der Waals surface area contributed by atoms with Crippen LogP contribution in [-0.4, -0.2) is 24.4 Å². The molecule has 0 aromatic heterocycles. The van der Waals surface area contributed by atoms with Crippen LogP contribution in [0.1, 0.15) is 39.5 Å². The van der Waals surface area contributed by atoms with E-state index in [-0.39, 0.29) is 17.9 Å². The number of imide groups is 1. The van der Waals surface area contributed by atoms with E-state index in [2.05, 4.69) is 24.5 Å². The maximum absolute atomic E-state index is 11.4. The summed E-state index contributed by atoms with van der Waals surface area (Å²) in [5, 5.41) is 5.58. The molecule has 0 aromatic carbocycles. The van der Waals surface area contributed by atoms with Crippen LogP contribution in [0.3, 0.4) is 0 Å². The van der Waals surface area contributed by atoms with Crippen LogP contribution in [0, 0.1) is 5.92 Å². The highest BCUT2D eigenvalue weighted by Crippen LogP contribution is 2.08. The first-order valence-electron chi connectivity index (χ1n) is 5.74. The Labute approximate surface area is 90.8 Å². The maximum atomic E-state index is 11.4. The third-order valence-electron chi connectivity index (χ3n) is 3.05. The zero-order valence-corrected chi connectivity index (χ0v) is 9.51. The molecule has 1 saturated heterocycles. The summed E-state index contributed by atoms with van der Waals surface area (Å²) in [7, 11) is 0. The fourth-order valence-corrected chi connectivity index (χ4v) is 1.77. The lowest BCUT2D eigenvalue weighted by molar-refractivity contribution is -0.134. The molecule has 1 rings (SSSR count). The second-order valence-corrected chi connectivity index (χ2v) is 4.09. The molecule has 0 radical (unpaired) electrons. The Hall–Kier alpha value is -0.900. The van der Waals surface area contributed by atoms with Crippen molar-refractivity contribution >= 4 is 11.8 Å². The van der Waals surface area contributed by atoms with Crippen molar-refractivity contribution in [3.8, 4) is 0 Å². The molecular formula is C11H20N2O2. The second-order valence-electron chi connectivity index (χ2n) is 4.09. The van der Waals surface area contributed by atoms with Gasteiger partial charge in [-0.05, 0) is 18.9 Å². The number of hydrogen-bond donors (Lipinski definition) is 2. The van der Waals surface area contributed by atoms with Gasteiger partial charge in [-0.25, -0.2) is 0 Å². The molecule has 1 atom stereocenters. The fraction of sp³-hybridized carbons (Fsp3) is 0.818. The minimum absolute atomic E-state index is 0.152. The third kappa shape index (κ3) is 3.63. The number of hydrogen-bond acceptors (Lipinski definition) is 3. The van der Waals surface area contributed by atoms with E-state index in [1.165, 1.54) is 0 Å². The zero-order valence-electron chi connectivity index (χ0n) is 9.51. The van der Waals surface area contributed by atoms with E-state index in [1.54, 1.807) is 0 Å². The predicted octanol–water partition coefficient (Wildman–Crippen LogP) is 0.817. The molecule has 0 saturated carbocycles. The summed E-state index contributed by atoms with van der Waals surface area (Å²) in [5.41, 5.74) is 0. The fourth-order valence-electron chi connectivity index (χ4n) is 1.77. The van der Waals surface area contributed by atoms with Crippen molar-refractivity contribution in [2.24, 2.45) is 5.92 Å². The molecule has 1 aliphatic rings. The quantitative estimate of drug-likeness (QED) is 0.663. The minimum Gasteiger partial charge on any atom is -0.306 e. The van der Waals surface area contributed by atoms with E-state index in [4.69, 9.17) is 0 Å². The smallest absolute Gasteiger partial charge is 0.243 e. The van der Waals surface area contributed by atoms with E-state index in [0.717, 1.165) is 19.4 Å². The lowest BCUT2D eigenvalue weighted by atomic mass is 10.0. The Kier molecular flexibility index (Phi) is 4.75. The highest BCUT2D eigenvalue weighted by Gasteiger charge is 2.26. The normalized spacial score (nSPS) is 21.9. The lowest BCUT2D eigenvalue weighted by Crippen LogP contribution is -2.51. The molecule has 2 amide bonds. The summed E-state index contributed by atoms with van der Waals surface area (Å²) in [6.07, 6.45) is 3.32. The maximum Gasteiger partial charge on any atom is 0.243 e. The number of amides is 2. The molecule has 1 fully saturated rings. The average Bonchev–Trinajstić information content (AvgIpc) is 2.22. The molecule has 1 heterocycles. The number of rotatable bonds is 5. The standard InChI is InChI=1S/C11H20N2O2/c1-3-8(4-2)7-12-9-5-6-10(14)13-11(9)15/h8-9,12H,3-7H2,1-2H3,(H,13,14,15). The highest BCUT2D eigenvalue weighted by atomic mass is 16.2. The van der Waals surface area contributed by atoms with Crippen molar-refractivity contribution in [1.29, 1.82) is 0 Å². The number of carbonyl (C=O) groups is 2. The summed E-state index contributed by atoms with van der Waals surface area (Å²) in [6.45, 7) is 5.17. The molecule has 0 aromatic rings. The SMILES string of the molecule is CCC(CC)CNC1CCC(=O)NC1=O. The average molecular weight is 212 g/mol. The first-order valence-corrected chi connectivity index (χ1v) is 5.74. The predicted molar refractivity (Wildman–Crippen MR) is 58.2 cm³/mol. The van der Waals surface area contributed by atoms with Crippen molar-refractivity contribution in [3.05, 3.63) is 0 Å². The molecule has 86 valence electrons. The summed E-state index contributed by atoms with van der Waals surface area (Å²) < 4.78 is 0. The summed E-state index contributed by atoms with van der Waals surface area (Å²) in [6, 6.07) is -0.178. The van der Waals surface area contributed by atoms with Crippen LogP contribution >= 0.6 is 0 Å². The van der Waals surface area contributed by atoms with Crippen LogP contribution in [0.25, 0.3) is 0 Å². The van der Waals surface area contributed by atoms with Crippen molar-refractivity contribution in [2.75, 3.05) is 6.54 Å². The van der Waals surface area contributed by atoms with Crippen molar-refractivity contribution in [3.63, 3.8) is 0 Å². The number of nitrogens with one attached hydrogen (secondary N) is 2. The van der Waals surface area contributed by atoms with Crippen molar-refractivity contribution in [2.45, 2.75) is 45.6 Å². The van der Waals surface area contributed by atoms with Gasteiger partial charge in [0.2, 0.25) is 11.8 Å². The lowest BCUT2D eigenvalue weighted by Gasteiger charge is -2.24.